The van der Waals surface area contributed by atoms with Gasteiger partial charge in [0, 0.05) is 12.1 Å². The first-order chi connectivity index (χ1) is 9.57. The summed E-state index contributed by atoms with van der Waals surface area (Å²) in [5.41, 5.74) is -0.458. The first-order valence-electron chi connectivity index (χ1n) is 6.53. The fourth-order valence-corrected chi connectivity index (χ4v) is 2.62. The predicted octanol–water partition coefficient (Wildman–Crippen LogP) is 2.86. The number of ether oxygens (including phenoxy) is 1. The van der Waals surface area contributed by atoms with Crippen molar-refractivity contribution in [1.29, 1.82) is 0 Å². The Balaban J connectivity index is 0.00000220. The summed E-state index contributed by atoms with van der Waals surface area (Å²) < 4.78 is 18.9. The molecular weight excluding hydrogens is 318 g/mol. The van der Waals surface area contributed by atoms with Gasteiger partial charge in [0.05, 0.1) is 17.7 Å². The second-order valence-corrected chi connectivity index (χ2v) is 5.48. The molecule has 21 heavy (non-hydrogen) atoms. The molecule has 118 valence electrons. The van der Waals surface area contributed by atoms with E-state index in [1.807, 2.05) is 0 Å². The molecule has 0 aromatic heterocycles. The topological polar surface area (TPSA) is 50.4 Å². The van der Waals surface area contributed by atoms with Crippen LogP contribution < -0.4 is 10.6 Å². The van der Waals surface area contributed by atoms with Gasteiger partial charge < -0.3 is 15.4 Å². The highest BCUT2D eigenvalue weighted by Crippen LogP contribution is 2.31. The molecule has 4 nitrogen and oxygen atoms in total. The maximum Gasteiger partial charge on any atom is 0.233 e. The summed E-state index contributed by atoms with van der Waals surface area (Å²) in [4.78, 5) is 12.5. The summed E-state index contributed by atoms with van der Waals surface area (Å²) in [5, 5.41) is 6.16. The van der Waals surface area contributed by atoms with Crippen molar-refractivity contribution in [2.75, 3.05) is 32.1 Å². The van der Waals surface area contributed by atoms with Crippen LogP contribution in [0.5, 0.6) is 0 Å². The lowest BCUT2D eigenvalue weighted by Crippen LogP contribution is -2.47. The third kappa shape index (κ3) is 4.30. The van der Waals surface area contributed by atoms with Crippen molar-refractivity contribution >= 4 is 35.6 Å². The third-order valence-electron chi connectivity index (χ3n) is 3.64. The van der Waals surface area contributed by atoms with Gasteiger partial charge in [-0.25, -0.2) is 4.39 Å². The Morgan fingerprint density at radius 2 is 2.14 bits per heavy atom. The Morgan fingerprint density at radius 3 is 2.71 bits per heavy atom. The maximum absolute atomic E-state index is 13.7. The first-order valence-corrected chi connectivity index (χ1v) is 6.91. The molecule has 1 saturated heterocycles. The number of anilines is 1. The average molecular weight is 337 g/mol. The molecule has 0 aliphatic carbocycles. The number of methoxy groups -OCH3 is 1. The van der Waals surface area contributed by atoms with Gasteiger partial charge in [-0.05, 0) is 44.1 Å². The largest absolute Gasteiger partial charge is 0.384 e. The quantitative estimate of drug-likeness (QED) is 0.888. The van der Waals surface area contributed by atoms with Crippen molar-refractivity contribution in [2.45, 2.75) is 12.8 Å². The summed E-state index contributed by atoms with van der Waals surface area (Å²) in [7, 11) is 1.57. The second-order valence-electron chi connectivity index (χ2n) is 5.04. The number of hydrogen-bond acceptors (Lipinski definition) is 3. The van der Waals surface area contributed by atoms with Crippen LogP contribution in [-0.2, 0) is 9.53 Å². The van der Waals surface area contributed by atoms with E-state index in [9.17, 15) is 9.18 Å². The lowest BCUT2D eigenvalue weighted by molar-refractivity contribution is -0.130. The van der Waals surface area contributed by atoms with Crippen LogP contribution in [0.3, 0.4) is 0 Å². The van der Waals surface area contributed by atoms with E-state index >= 15 is 0 Å². The zero-order chi connectivity index (χ0) is 14.6. The Bertz CT molecular complexity index is 488. The minimum atomic E-state index is -0.605. The molecule has 0 atom stereocenters. The highest BCUT2D eigenvalue weighted by Gasteiger charge is 2.39. The number of hydrogen-bond donors (Lipinski definition) is 2. The standard InChI is InChI=1S/C14H18ClFN2O2.ClH/c1-20-9-14(4-6-17-7-5-14)13(19)18-12-3-2-10(15)8-11(12)16;/h2-3,8,17H,4-7,9H2,1H3,(H,18,19);1H. The van der Waals surface area contributed by atoms with Crippen LogP contribution in [0.2, 0.25) is 5.02 Å². The van der Waals surface area contributed by atoms with E-state index < -0.39 is 11.2 Å². The van der Waals surface area contributed by atoms with Crippen LogP contribution in [0, 0.1) is 11.2 Å². The number of rotatable bonds is 4. The van der Waals surface area contributed by atoms with Gasteiger partial charge in [0.1, 0.15) is 5.82 Å². The smallest absolute Gasteiger partial charge is 0.233 e. The van der Waals surface area contributed by atoms with Crippen LogP contribution in [0.25, 0.3) is 0 Å². The molecule has 1 amide bonds. The summed E-state index contributed by atoms with van der Waals surface area (Å²) >= 11 is 5.70. The summed E-state index contributed by atoms with van der Waals surface area (Å²) in [5.74, 6) is -0.741. The number of piperidine rings is 1. The van der Waals surface area contributed by atoms with Gasteiger partial charge in [-0.3, -0.25) is 4.79 Å². The van der Waals surface area contributed by atoms with Gasteiger partial charge in [0.25, 0.3) is 0 Å². The number of benzene rings is 1. The van der Waals surface area contributed by atoms with E-state index in [4.69, 9.17) is 16.3 Å². The SMILES string of the molecule is COCC1(C(=O)Nc2ccc(Cl)cc2F)CCNCC1.Cl. The van der Waals surface area contributed by atoms with E-state index in [-0.39, 0.29) is 24.0 Å². The summed E-state index contributed by atoms with van der Waals surface area (Å²) in [6.07, 6.45) is 1.34. The number of halogens is 3. The highest BCUT2D eigenvalue weighted by molar-refractivity contribution is 6.30. The van der Waals surface area contributed by atoms with E-state index in [0.29, 0.717) is 24.5 Å². The molecule has 1 aromatic rings. The molecule has 1 aliphatic heterocycles. The van der Waals surface area contributed by atoms with Gasteiger partial charge in [-0.1, -0.05) is 11.6 Å². The van der Waals surface area contributed by atoms with Gasteiger partial charge in [0.2, 0.25) is 5.91 Å². The third-order valence-corrected chi connectivity index (χ3v) is 3.88. The van der Waals surface area contributed by atoms with Crippen LogP contribution in [-0.4, -0.2) is 32.7 Å². The Kier molecular flexibility index (Phi) is 6.87. The monoisotopic (exact) mass is 336 g/mol. The van der Waals surface area contributed by atoms with E-state index in [2.05, 4.69) is 10.6 Å². The van der Waals surface area contributed by atoms with Gasteiger partial charge >= 0.3 is 0 Å². The number of nitrogens with one attached hydrogen (secondary N) is 2. The molecule has 0 saturated carbocycles. The molecule has 2 rings (SSSR count). The molecule has 2 N–H and O–H groups in total. The molecule has 0 spiro atoms. The summed E-state index contributed by atoms with van der Waals surface area (Å²) in [6.45, 7) is 1.83. The van der Waals surface area contributed by atoms with Crippen molar-refractivity contribution < 1.29 is 13.9 Å². The van der Waals surface area contributed by atoms with E-state index in [1.165, 1.54) is 12.1 Å². The van der Waals surface area contributed by atoms with Crippen LogP contribution in [0.1, 0.15) is 12.8 Å². The van der Waals surface area contributed by atoms with Crippen molar-refractivity contribution in [3.63, 3.8) is 0 Å². The molecule has 1 fully saturated rings. The number of amides is 1. The highest BCUT2D eigenvalue weighted by atomic mass is 35.5. The average Bonchev–Trinajstić information content (AvgIpc) is 2.43. The van der Waals surface area contributed by atoms with Crippen molar-refractivity contribution in [3.8, 4) is 0 Å². The molecule has 1 heterocycles. The zero-order valence-electron chi connectivity index (χ0n) is 11.7. The van der Waals surface area contributed by atoms with E-state index in [0.717, 1.165) is 13.1 Å². The number of carbonyl (C=O) groups excluding carboxylic acids is 1. The molecule has 1 aromatic carbocycles. The van der Waals surface area contributed by atoms with Crippen molar-refractivity contribution in [2.24, 2.45) is 5.41 Å². The Labute approximate surface area is 134 Å². The lowest BCUT2D eigenvalue weighted by atomic mass is 9.78. The summed E-state index contributed by atoms with van der Waals surface area (Å²) in [6, 6.07) is 4.20. The maximum atomic E-state index is 13.7. The van der Waals surface area contributed by atoms with Crippen LogP contribution in [0.4, 0.5) is 10.1 Å². The minimum Gasteiger partial charge on any atom is -0.384 e. The van der Waals surface area contributed by atoms with E-state index in [1.54, 1.807) is 13.2 Å². The normalized spacial score (nSPS) is 16.9. The Hall–Kier alpha value is -0.880. The fourth-order valence-electron chi connectivity index (χ4n) is 2.46. The first kappa shape index (κ1) is 18.2. The molecule has 0 unspecified atom stereocenters. The molecule has 1 aliphatic rings. The van der Waals surface area contributed by atoms with Gasteiger partial charge in [-0.2, -0.15) is 0 Å². The predicted molar refractivity (Wildman–Crippen MR) is 83.7 cm³/mol. The van der Waals surface area contributed by atoms with Crippen LogP contribution >= 0.6 is 24.0 Å². The van der Waals surface area contributed by atoms with Crippen molar-refractivity contribution in [3.05, 3.63) is 29.0 Å². The second kappa shape index (κ2) is 7.94. The molecule has 7 heteroatoms. The lowest BCUT2D eigenvalue weighted by Gasteiger charge is -2.35. The fraction of sp³-hybridized carbons (Fsp3) is 0.500. The minimum absolute atomic E-state index is 0. The zero-order valence-corrected chi connectivity index (χ0v) is 13.3. The van der Waals surface area contributed by atoms with Crippen LogP contribution in [0.15, 0.2) is 18.2 Å². The van der Waals surface area contributed by atoms with Gasteiger partial charge in [0.15, 0.2) is 0 Å². The molecule has 0 radical (unpaired) electrons. The van der Waals surface area contributed by atoms with Crippen molar-refractivity contribution in [1.82, 2.24) is 5.32 Å². The number of carbonyl (C=O) groups is 1. The molecule has 0 bridgehead atoms. The van der Waals surface area contributed by atoms with Gasteiger partial charge in [-0.15, -0.1) is 12.4 Å². The Morgan fingerprint density at radius 1 is 1.48 bits per heavy atom. The molecular formula is C14H19Cl2FN2O2.